The molecule has 42 heavy (non-hydrogen) atoms. The molecule has 4 bridgehead atoms. The smallest absolute Gasteiger partial charge is 0.263 e. The van der Waals surface area contributed by atoms with Crippen LogP contribution in [-0.2, 0) is 22.6 Å². The molecule has 0 spiro atoms. The van der Waals surface area contributed by atoms with Crippen LogP contribution in [0.25, 0.3) is 11.0 Å². The molecule has 0 radical (unpaired) electrons. The van der Waals surface area contributed by atoms with Gasteiger partial charge in [0.05, 0.1) is 31.5 Å². The van der Waals surface area contributed by atoms with E-state index in [0.29, 0.717) is 18.8 Å². The van der Waals surface area contributed by atoms with E-state index in [2.05, 4.69) is 21.7 Å². The van der Waals surface area contributed by atoms with Crippen molar-refractivity contribution in [1.29, 1.82) is 0 Å². The first kappa shape index (κ1) is 27.4. The molecule has 218 valence electrons. The number of nitrogens with one attached hydrogen (secondary N) is 1. The van der Waals surface area contributed by atoms with E-state index < -0.39 is 11.5 Å². The topological polar surface area (TPSA) is 136 Å². The van der Waals surface area contributed by atoms with Gasteiger partial charge in [0.15, 0.2) is 0 Å². The first-order valence-corrected chi connectivity index (χ1v) is 14.1. The van der Waals surface area contributed by atoms with Gasteiger partial charge in [-0.2, -0.15) is 0 Å². The van der Waals surface area contributed by atoms with Crippen molar-refractivity contribution in [2.45, 2.75) is 39.3 Å². The van der Waals surface area contributed by atoms with Crippen molar-refractivity contribution < 1.29 is 18.8 Å². The van der Waals surface area contributed by atoms with Gasteiger partial charge in [0, 0.05) is 62.7 Å². The molecular formula is C30H33N7O5. The van der Waals surface area contributed by atoms with Gasteiger partial charge in [0.2, 0.25) is 11.8 Å². The molecule has 5 heterocycles. The van der Waals surface area contributed by atoms with Gasteiger partial charge in [-0.3, -0.25) is 19.2 Å². The highest BCUT2D eigenvalue weighted by molar-refractivity contribution is 5.93. The number of likely N-dealkylation sites (N-methyl/N-ethyl adjacent to an activating group) is 1. The molecule has 12 nitrogen and oxygen atoms in total. The molecule has 12 heteroatoms. The van der Waals surface area contributed by atoms with Gasteiger partial charge >= 0.3 is 0 Å². The Balaban J connectivity index is 1.27. The van der Waals surface area contributed by atoms with Crippen LogP contribution in [0.5, 0.6) is 0 Å². The number of amides is 3. The highest BCUT2D eigenvalue weighted by atomic mass is 16.3. The Labute approximate surface area is 241 Å². The third kappa shape index (κ3) is 5.19. The van der Waals surface area contributed by atoms with Gasteiger partial charge in [-0.25, -0.2) is 4.68 Å². The summed E-state index contributed by atoms with van der Waals surface area (Å²) in [6.45, 7) is 5.41. The Morgan fingerprint density at radius 1 is 1.17 bits per heavy atom. The maximum Gasteiger partial charge on any atom is 0.263 e. The largest absolute Gasteiger partial charge is 0.464 e. The molecule has 0 unspecified atom stereocenters. The quantitative estimate of drug-likeness (QED) is 0.387. The van der Waals surface area contributed by atoms with Gasteiger partial charge in [-0.1, -0.05) is 11.3 Å². The number of likely N-dealkylation sites (tertiary alicyclic amines) is 1. The van der Waals surface area contributed by atoms with Gasteiger partial charge in [0.1, 0.15) is 16.8 Å². The van der Waals surface area contributed by atoms with E-state index in [1.807, 2.05) is 19.9 Å². The fourth-order valence-electron chi connectivity index (χ4n) is 6.12. The first-order valence-electron chi connectivity index (χ1n) is 14.1. The number of fused-ring (bicyclic) bond motifs is 7. The zero-order valence-corrected chi connectivity index (χ0v) is 23.9. The Morgan fingerprint density at radius 2 is 2.00 bits per heavy atom. The highest BCUT2D eigenvalue weighted by Crippen LogP contribution is 2.32. The summed E-state index contributed by atoms with van der Waals surface area (Å²) >= 11 is 0. The molecule has 2 atom stereocenters. The number of aryl methyl sites for hydroxylation is 2. The number of pyridine rings is 1. The van der Waals surface area contributed by atoms with Crippen LogP contribution >= 0.6 is 0 Å². The summed E-state index contributed by atoms with van der Waals surface area (Å²) in [6.07, 6.45) is 5.39. The Hall–Kier alpha value is -4.74. The summed E-state index contributed by atoms with van der Waals surface area (Å²) in [4.78, 5) is 55.8. The molecule has 2 aliphatic heterocycles. The predicted molar refractivity (Wildman–Crippen MR) is 153 cm³/mol. The van der Waals surface area contributed by atoms with Crippen LogP contribution in [0.1, 0.15) is 45.2 Å². The number of carbonyl (C=O) groups excluding carboxylic acids is 3. The Kier molecular flexibility index (Phi) is 7.13. The van der Waals surface area contributed by atoms with E-state index in [0.717, 1.165) is 27.7 Å². The molecule has 1 saturated heterocycles. The van der Waals surface area contributed by atoms with E-state index in [9.17, 15) is 19.2 Å². The van der Waals surface area contributed by atoms with Crippen molar-refractivity contribution in [2.75, 3.05) is 33.2 Å². The monoisotopic (exact) mass is 571 g/mol. The average molecular weight is 572 g/mol. The normalized spacial score (nSPS) is 19.7. The molecule has 4 aromatic rings. The van der Waals surface area contributed by atoms with Crippen LogP contribution in [0, 0.1) is 19.8 Å². The van der Waals surface area contributed by atoms with Crippen LogP contribution in [0.3, 0.4) is 0 Å². The average Bonchev–Trinajstić information content (AvgIpc) is 3.68. The molecule has 1 N–H and O–H groups in total. The molecule has 6 rings (SSSR count). The third-order valence-electron chi connectivity index (χ3n) is 8.24. The van der Waals surface area contributed by atoms with Gasteiger partial charge < -0.3 is 24.1 Å². The van der Waals surface area contributed by atoms with E-state index in [4.69, 9.17) is 4.42 Å². The Morgan fingerprint density at radius 3 is 2.83 bits per heavy atom. The van der Waals surface area contributed by atoms with Gasteiger partial charge in [-0.05, 0) is 43.2 Å². The minimum Gasteiger partial charge on any atom is -0.464 e. The molecule has 0 aliphatic carbocycles. The molecular weight excluding hydrogens is 538 g/mol. The van der Waals surface area contributed by atoms with Crippen LogP contribution < -0.4 is 10.9 Å². The number of aromatic nitrogens is 4. The van der Waals surface area contributed by atoms with E-state index >= 15 is 0 Å². The predicted octanol–water partition coefficient (Wildman–Crippen LogP) is 1.69. The van der Waals surface area contributed by atoms with Crippen LogP contribution in [0.15, 0.2) is 52.1 Å². The lowest BCUT2D eigenvalue weighted by molar-refractivity contribution is -0.130. The molecule has 3 amide bonds. The van der Waals surface area contributed by atoms with E-state index in [1.165, 1.54) is 15.5 Å². The molecule has 1 fully saturated rings. The van der Waals surface area contributed by atoms with Crippen molar-refractivity contribution in [3.8, 4) is 0 Å². The van der Waals surface area contributed by atoms with Crippen molar-refractivity contribution in [3.05, 3.63) is 81.2 Å². The molecule has 0 saturated carbocycles. The van der Waals surface area contributed by atoms with Gasteiger partial charge in [-0.15, -0.1) is 5.10 Å². The first-order chi connectivity index (χ1) is 20.2. The lowest BCUT2D eigenvalue weighted by Gasteiger charge is -2.20. The zero-order chi connectivity index (χ0) is 29.5. The van der Waals surface area contributed by atoms with Crippen molar-refractivity contribution >= 4 is 28.7 Å². The van der Waals surface area contributed by atoms with Crippen molar-refractivity contribution in [2.24, 2.45) is 5.92 Å². The minimum atomic E-state index is -0.423. The SMILES string of the molecule is Cc1cc(C)c2c(CC(=O)N3C[C@@H]4CC(=O)NCCN(C)C(=O)c5cccn(c5=O)Cc5cn(nn5)[C@@H]4C3)coc2c1. The summed E-state index contributed by atoms with van der Waals surface area (Å²) in [5.74, 6) is -0.853. The summed E-state index contributed by atoms with van der Waals surface area (Å²) in [5.41, 5.74) is 3.92. The second kappa shape index (κ2) is 10.9. The number of furan rings is 1. The number of nitrogens with zero attached hydrogens (tertiary/aromatic N) is 6. The maximum absolute atomic E-state index is 13.6. The van der Waals surface area contributed by atoms with E-state index in [-0.39, 0.29) is 61.8 Å². The van der Waals surface area contributed by atoms with Crippen molar-refractivity contribution in [3.63, 3.8) is 0 Å². The zero-order valence-electron chi connectivity index (χ0n) is 23.9. The standard InChI is InChI=1S/C30H33N7O5/c1-18-9-19(2)28-21(17-42-25(28)10-18)12-27(39)36-13-20-11-26(38)31-6-8-34(3)29(40)23-5-4-7-35(30(23)41)14-22-15-37(33-32-22)24(20)16-36/h4-5,7,9-10,15,17,20,24H,6,8,11-14,16H2,1-3H3,(H,31,38)/t20-,24+/m0/s1. The minimum absolute atomic E-state index is 0.0477. The van der Waals surface area contributed by atoms with Crippen LogP contribution in [0.4, 0.5) is 0 Å². The van der Waals surface area contributed by atoms with Crippen LogP contribution in [0.2, 0.25) is 0 Å². The number of hydrogen-bond donors (Lipinski definition) is 1. The Bertz CT molecular complexity index is 1750. The lowest BCUT2D eigenvalue weighted by Crippen LogP contribution is -2.39. The molecule has 1 aromatic carbocycles. The fourth-order valence-corrected chi connectivity index (χ4v) is 6.12. The molecule has 3 aromatic heterocycles. The summed E-state index contributed by atoms with van der Waals surface area (Å²) in [7, 11) is 1.60. The number of benzene rings is 1. The van der Waals surface area contributed by atoms with Crippen molar-refractivity contribution in [1.82, 2.24) is 34.7 Å². The third-order valence-corrected chi connectivity index (χ3v) is 8.24. The van der Waals surface area contributed by atoms with Gasteiger partial charge in [0.25, 0.3) is 11.5 Å². The number of carbonyl (C=O) groups is 3. The van der Waals surface area contributed by atoms with Crippen LogP contribution in [-0.4, -0.2) is 80.3 Å². The molecule has 2 aliphatic rings. The summed E-state index contributed by atoms with van der Waals surface area (Å²) in [5, 5.41) is 12.5. The summed E-state index contributed by atoms with van der Waals surface area (Å²) < 4.78 is 8.90. The van der Waals surface area contributed by atoms with E-state index in [1.54, 1.807) is 41.4 Å². The second-order valence-corrected chi connectivity index (χ2v) is 11.3. The number of hydrogen-bond acceptors (Lipinski definition) is 7. The highest BCUT2D eigenvalue weighted by Gasteiger charge is 2.38. The lowest BCUT2D eigenvalue weighted by atomic mass is 9.99. The summed E-state index contributed by atoms with van der Waals surface area (Å²) in [6, 6.07) is 6.93. The second-order valence-electron chi connectivity index (χ2n) is 11.3. The number of rotatable bonds is 2. The maximum atomic E-state index is 13.6. The fraction of sp³-hybridized carbons (Fsp3) is 0.400.